The molecule has 0 aliphatic carbocycles. The van der Waals surface area contributed by atoms with E-state index in [1.807, 2.05) is 0 Å². The molecule has 3 aromatic rings. The van der Waals surface area contributed by atoms with Gasteiger partial charge in [0, 0.05) is 38.3 Å². The van der Waals surface area contributed by atoms with Gasteiger partial charge in [-0.1, -0.05) is 0 Å². The fraction of sp³-hybridized carbons (Fsp3) is 0.333. The molecular formula is C18H18F3N5O2. The molecule has 3 rings (SSSR count). The van der Waals surface area contributed by atoms with Gasteiger partial charge in [0.1, 0.15) is 11.3 Å². The molecule has 0 fully saturated rings. The summed E-state index contributed by atoms with van der Waals surface area (Å²) in [7, 11) is 1.50. The molecule has 7 nitrogen and oxygen atoms in total. The summed E-state index contributed by atoms with van der Waals surface area (Å²) in [5.41, 5.74) is -0.136. The minimum atomic E-state index is -4.62. The Balaban J connectivity index is 2.01. The predicted octanol–water partition coefficient (Wildman–Crippen LogP) is 2.74. The first kappa shape index (κ1) is 19.7. The van der Waals surface area contributed by atoms with E-state index < -0.39 is 17.8 Å². The standard InChI is InChI=1S/C18H18F3N5O2/c1-12-9-15(18(19,20)21)26-16(24-12)14(10-23-26)17(27)25(7-8-28-2)11-13-3-5-22-6-4-13/h3-6,9-10H,7-8,11H2,1-2H3. The first-order valence-electron chi connectivity index (χ1n) is 8.41. The van der Waals surface area contributed by atoms with E-state index in [1.54, 1.807) is 24.5 Å². The van der Waals surface area contributed by atoms with Crippen LogP contribution in [0.2, 0.25) is 0 Å². The summed E-state index contributed by atoms with van der Waals surface area (Å²) >= 11 is 0. The number of aryl methyl sites for hydroxylation is 1. The zero-order chi connectivity index (χ0) is 20.3. The summed E-state index contributed by atoms with van der Waals surface area (Å²) < 4.78 is 45.7. The molecule has 0 aliphatic rings. The molecule has 3 aromatic heterocycles. The number of rotatable bonds is 6. The average Bonchev–Trinajstić information content (AvgIpc) is 3.07. The van der Waals surface area contributed by atoms with Crippen molar-refractivity contribution in [2.45, 2.75) is 19.6 Å². The second-order valence-corrected chi connectivity index (χ2v) is 6.15. The normalized spacial score (nSPS) is 11.8. The molecule has 0 N–H and O–H groups in total. The molecule has 1 amide bonds. The largest absolute Gasteiger partial charge is 0.433 e. The number of carbonyl (C=O) groups excluding carboxylic acids is 1. The number of ether oxygens (including phenoxy) is 1. The van der Waals surface area contributed by atoms with Crippen molar-refractivity contribution in [3.63, 3.8) is 0 Å². The summed E-state index contributed by atoms with van der Waals surface area (Å²) in [6.45, 7) is 2.22. The van der Waals surface area contributed by atoms with E-state index in [-0.39, 0.29) is 36.6 Å². The van der Waals surface area contributed by atoms with Gasteiger partial charge in [-0.15, -0.1) is 0 Å². The van der Waals surface area contributed by atoms with E-state index in [0.717, 1.165) is 17.8 Å². The molecule has 0 radical (unpaired) electrons. The quantitative estimate of drug-likeness (QED) is 0.644. The van der Waals surface area contributed by atoms with E-state index in [0.29, 0.717) is 4.52 Å². The monoisotopic (exact) mass is 393 g/mol. The second kappa shape index (κ2) is 7.93. The smallest absolute Gasteiger partial charge is 0.383 e. The van der Waals surface area contributed by atoms with E-state index in [2.05, 4.69) is 15.1 Å². The van der Waals surface area contributed by atoms with Crippen LogP contribution in [0, 0.1) is 6.92 Å². The third-order valence-corrected chi connectivity index (χ3v) is 4.10. The lowest BCUT2D eigenvalue weighted by molar-refractivity contribution is -0.142. The highest BCUT2D eigenvalue weighted by atomic mass is 19.4. The van der Waals surface area contributed by atoms with Gasteiger partial charge in [0.2, 0.25) is 0 Å². The van der Waals surface area contributed by atoms with Crippen LogP contribution in [0.1, 0.15) is 27.3 Å². The number of carbonyl (C=O) groups is 1. The van der Waals surface area contributed by atoms with Gasteiger partial charge in [0.15, 0.2) is 5.65 Å². The lowest BCUT2D eigenvalue weighted by atomic mass is 10.2. The van der Waals surface area contributed by atoms with Crippen LogP contribution in [-0.4, -0.2) is 50.7 Å². The fourth-order valence-electron chi connectivity index (χ4n) is 2.77. The molecular weight excluding hydrogens is 375 g/mol. The van der Waals surface area contributed by atoms with Crippen molar-refractivity contribution in [3.05, 3.63) is 59.3 Å². The average molecular weight is 393 g/mol. The number of alkyl halides is 3. The molecule has 0 saturated carbocycles. The van der Waals surface area contributed by atoms with Crippen molar-refractivity contribution in [2.75, 3.05) is 20.3 Å². The number of hydrogen-bond donors (Lipinski definition) is 0. The van der Waals surface area contributed by atoms with Crippen molar-refractivity contribution in [3.8, 4) is 0 Å². The molecule has 148 valence electrons. The number of pyridine rings is 1. The van der Waals surface area contributed by atoms with Crippen LogP contribution in [0.25, 0.3) is 5.65 Å². The molecule has 0 aromatic carbocycles. The Morgan fingerprint density at radius 3 is 2.64 bits per heavy atom. The Labute approximate surface area is 158 Å². The van der Waals surface area contributed by atoms with Crippen molar-refractivity contribution in [2.24, 2.45) is 0 Å². The maximum absolute atomic E-state index is 13.3. The van der Waals surface area contributed by atoms with E-state index >= 15 is 0 Å². The molecule has 0 saturated heterocycles. The summed E-state index contributed by atoms with van der Waals surface area (Å²) in [5.74, 6) is -0.477. The number of halogens is 3. The zero-order valence-electron chi connectivity index (χ0n) is 15.3. The molecule has 28 heavy (non-hydrogen) atoms. The van der Waals surface area contributed by atoms with Crippen molar-refractivity contribution >= 4 is 11.6 Å². The summed E-state index contributed by atoms with van der Waals surface area (Å²) in [4.78, 5) is 22.6. The Bertz CT molecular complexity index is 973. The lowest BCUT2D eigenvalue weighted by Crippen LogP contribution is -2.33. The molecule has 0 bridgehead atoms. The number of amides is 1. The van der Waals surface area contributed by atoms with E-state index in [9.17, 15) is 18.0 Å². The highest BCUT2D eigenvalue weighted by Gasteiger charge is 2.35. The van der Waals surface area contributed by atoms with Gasteiger partial charge in [-0.2, -0.15) is 18.3 Å². The summed E-state index contributed by atoms with van der Waals surface area (Å²) in [6.07, 6.45) is -0.301. The number of aromatic nitrogens is 4. The molecule has 0 unspecified atom stereocenters. The SMILES string of the molecule is COCCN(Cc1ccncc1)C(=O)c1cnn2c(C(F)(F)F)cc(C)nc12. The molecule has 0 atom stereocenters. The number of methoxy groups -OCH3 is 1. The zero-order valence-corrected chi connectivity index (χ0v) is 15.3. The Morgan fingerprint density at radius 1 is 1.29 bits per heavy atom. The molecule has 10 heteroatoms. The van der Waals surface area contributed by atoms with Gasteiger partial charge in [-0.25, -0.2) is 9.50 Å². The minimum Gasteiger partial charge on any atom is -0.383 e. The highest BCUT2D eigenvalue weighted by Crippen LogP contribution is 2.30. The van der Waals surface area contributed by atoms with Gasteiger partial charge >= 0.3 is 6.18 Å². The van der Waals surface area contributed by atoms with Crippen LogP contribution >= 0.6 is 0 Å². The van der Waals surface area contributed by atoms with Gasteiger partial charge in [-0.3, -0.25) is 9.78 Å². The number of hydrogen-bond acceptors (Lipinski definition) is 5. The van der Waals surface area contributed by atoms with Gasteiger partial charge in [0.25, 0.3) is 5.91 Å². The maximum atomic E-state index is 13.3. The first-order valence-corrected chi connectivity index (χ1v) is 8.41. The van der Waals surface area contributed by atoms with Crippen molar-refractivity contribution in [1.29, 1.82) is 0 Å². The van der Waals surface area contributed by atoms with Crippen LogP contribution in [0.3, 0.4) is 0 Å². The Morgan fingerprint density at radius 2 is 2.00 bits per heavy atom. The van der Waals surface area contributed by atoms with Gasteiger partial charge < -0.3 is 9.64 Å². The maximum Gasteiger partial charge on any atom is 0.433 e. The van der Waals surface area contributed by atoms with Gasteiger partial charge in [0.05, 0.1) is 12.8 Å². The molecule has 3 heterocycles. The molecule has 0 aliphatic heterocycles. The van der Waals surface area contributed by atoms with Crippen LogP contribution in [0.4, 0.5) is 13.2 Å². The highest BCUT2D eigenvalue weighted by molar-refractivity contribution is 5.99. The lowest BCUT2D eigenvalue weighted by Gasteiger charge is -2.22. The fourth-order valence-corrected chi connectivity index (χ4v) is 2.77. The van der Waals surface area contributed by atoms with Crippen LogP contribution < -0.4 is 0 Å². The van der Waals surface area contributed by atoms with Crippen molar-refractivity contribution < 1.29 is 22.7 Å². The van der Waals surface area contributed by atoms with Crippen molar-refractivity contribution in [1.82, 2.24) is 24.5 Å². The van der Waals surface area contributed by atoms with E-state index in [4.69, 9.17) is 4.74 Å². The van der Waals surface area contributed by atoms with Crippen LogP contribution in [-0.2, 0) is 17.5 Å². The summed E-state index contributed by atoms with van der Waals surface area (Å²) in [6, 6.07) is 4.41. The Kier molecular flexibility index (Phi) is 5.59. The number of nitrogens with zero attached hydrogens (tertiary/aromatic N) is 5. The third-order valence-electron chi connectivity index (χ3n) is 4.10. The van der Waals surface area contributed by atoms with Crippen LogP contribution in [0.15, 0.2) is 36.8 Å². The van der Waals surface area contributed by atoms with E-state index in [1.165, 1.54) is 18.9 Å². The Hall–Kier alpha value is -3.01. The predicted molar refractivity (Wildman–Crippen MR) is 93.6 cm³/mol. The first-order chi connectivity index (χ1) is 13.3. The summed E-state index contributed by atoms with van der Waals surface area (Å²) in [5, 5.41) is 3.76. The second-order valence-electron chi connectivity index (χ2n) is 6.15. The van der Waals surface area contributed by atoms with Crippen LogP contribution in [0.5, 0.6) is 0 Å². The van der Waals surface area contributed by atoms with Gasteiger partial charge in [-0.05, 0) is 30.7 Å². The topological polar surface area (TPSA) is 72.6 Å². The number of fused-ring (bicyclic) bond motifs is 1. The molecule has 0 spiro atoms. The minimum absolute atomic E-state index is 0.000593. The third kappa shape index (κ3) is 4.11.